The second-order valence-electron chi connectivity index (χ2n) is 7.66. The molecule has 0 saturated carbocycles. The summed E-state index contributed by atoms with van der Waals surface area (Å²) >= 11 is 6.22. The van der Waals surface area contributed by atoms with Crippen LogP contribution in [0.2, 0.25) is 5.02 Å². The van der Waals surface area contributed by atoms with Crippen LogP contribution in [-0.4, -0.2) is 30.6 Å². The van der Waals surface area contributed by atoms with Crippen molar-refractivity contribution in [1.82, 2.24) is 0 Å². The molecule has 0 bridgehead atoms. The molecule has 0 aromatic heterocycles. The predicted molar refractivity (Wildman–Crippen MR) is 129 cm³/mol. The van der Waals surface area contributed by atoms with E-state index in [4.69, 9.17) is 11.6 Å². The highest BCUT2D eigenvalue weighted by atomic mass is 35.5. The average Bonchev–Trinajstić information content (AvgIpc) is 2.77. The highest BCUT2D eigenvalue weighted by Gasteiger charge is 2.30. The van der Waals surface area contributed by atoms with Gasteiger partial charge in [-0.05, 0) is 51.1 Å². The molecule has 0 aliphatic rings. The first kappa shape index (κ1) is 24.3. The number of phenols is 1. The number of aryl methyl sites for hydroxylation is 2. The van der Waals surface area contributed by atoms with Crippen molar-refractivity contribution >= 4 is 44.6 Å². The lowest BCUT2D eigenvalue weighted by Crippen LogP contribution is -2.32. The van der Waals surface area contributed by atoms with Crippen molar-refractivity contribution in [1.29, 1.82) is 0 Å². The minimum absolute atomic E-state index is 0.0125. The van der Waals surface area contributed by atoms with Crippen LogP contribution in [0.5, 0.6) is 5.75 Å². The van der Waals surface area contributed by atoms with Crippen LogP contribution in [0, 0.1) is 13.8 Å². The SMILES string of the molecule is Cc1ccc(C(=O)Nc2cc(Cl)c(NC(=O)C(C)S(=O)(=O)c3ccc(C)cc3)cc2O)cc1. The highest BCUT2D eigenvalue weighted by molar-refractivity contribution is 7.92. The molecule has 0 heterocycles. The number of hydrogen-bond acceptors (Lipinski definition) is 5. The van der Waals surface area contributed by atoms with Gasteiger partial charge in [-0.2, -0.15) is 0 Å². The summed E-state index contributed by atoms with van der Waals surface area (Å²) < 4.78 is 25.5. The monoisotopic (exact) mass is 486 g/mol. The lowest BCUT2D eigenvalue weighted by molar-refractivity contribution is -0.115. The second kappa shape index (κ2) is 9.64. The van der Waals surface area contributed by atoms with E-state index in [0.717, 1.165) is 17.2 Å². The Kier molecular flexibility index (Phi) is 7.09. The Hall–Kier alpha value is -3.36. The van der Waals surface area contributed by atoms with E-state index in [2.05, 4.69) is 10.6 Å². The van der Waals surface area contributed by atoms with Gasteiger partial charge in [-0.1, -0.05) is 47.0 Å². The van der Waals surface area contributed by atoms with Gasteiger partial charge in [-0.3, -0.25) is 9.59 Å². The first-order chi connectivity index (χ1) is 15.5. The number of amides is 2. The van der Waals surface area contributed by atoms with Gasteiger partial charge in [0.15, 0.2) is 9.84 Å². The molecule has 0 fully saturated rings. The highest BCUT2D eigenvalue weighted by Crippen LogP contribution is 2.34. The van der Waals surface area contributed by atoms with Crippen molar-refractivity contribution in [3.05, 3.63) is 82.4 Å². The molecule has 3 rings (SSSR count). The van der Waals surface area contributed by atoms with Crippen molar-refractivity contribution in [3.8, 4) is 5.75 Å². The summed E-state index contributed by atoms with van der Waals surface area (Å²) in [5.41, 5.74) is 2.34. The van der Waals surface area contributed by atoms with E-state index < -0.39 is 26.9 Å². The fourth-order valence-electron chi connectivity index (χ4n) is 2.96. The Bertz CT molecular complexity index is 1300. The van der Waals surface area contributed by atoms with Crippen molar-refractivity contribution < 1.29 is 23.1 Å². The van der Waals surface area contributed by atoms with Gasteiger partial charge in [-0.25, -0.2) is 8.42 Å². The molecule has 3 aromatic carbocycles. The maximum atomic E-state index is 12.8. The van der Waals surface area contributed by atoms with Gasteiger partial charge in [0.05, 0.1) is 21.3 Å². The van der Waals surface area contributed by atoms with E-state index in [1.165, 1.54) is 25.1 Å². The molecule has 9 heteroatoms. The van der Waals surface area contributed by atoms with Crippen LogP contribution in [0.25, 0.3) is 0 Å². The third-order valence-corrected chi connectivity index (χ3v) is 7.48. The van der Waals surface area contributed by atoms with Gasteiger partial charge >= 0.3 is 0 Å². The number of anilines is 2. The van der Waals surface area contributed by atoms with Gasteiger partial charge in [0.1, 0.15) is 11.0 Å². The van der Waals surface area contributed by atoms with E-state index in [-0.39, 0.29) is 27.0 Å². The summed E-state index contributed by atoms with van der Waals surface area (Å²) in [6, 6.07) is 15.5. The molecule has 0 aliphatic carbocycles. The average molecular weight is 487 g/mol. The summed E-state index contributed by atoms with van der Waals surface area (Å²) in [5, 5.41) is 13.9. The number of rotatable bonds is 6. The fourth-order valence-corrected chi connectivity index (χ4v) is 4.44. The molecule has 0 aliphatic heterocycles. The molecule has 1 atom stereocenters. The van der Waals surface area contributed by atoms with Crippen molar-refractivity contribution in [3.63, 3.8) is 0 Å². The smallest absolute Gasteiger partial charge is 0.255 e. The molecule has 0 spiro atoms. The number of halogens is 1. The number of benzene rings is 3. The van der Waals surface area contributed by atoms with Crippen LogP contribution in [0.3, 0.4) is 0 Å². The van der Waals surface area contributed by atoms with Crippen LogP contribution in [0.15, 0.2) is 65.6 Å². The zero-order valence-corrected chi connectivity index (χ0v) is 19.8. The zero-order chi connectivity index (χ0) is 24.3. The molecule has 7 nitrogen and oxygen atoms in total. The third-order valence-electron chi connectivity index (χ3n) is 5.09. The Morgan fingerprint density at radius 1 is 0.879 bits per heavy atom. The zero-order valence-electron chi connectivity index (χ0n) is 18.2. The number of hydrogen-bond donors (Lipinski definition) is 3. The summed E-state index contributed by atoms with van der Waals surface area (Å²) in [4.78, 5) is 25.1. The van der Waals surface area contributed by atoms with Gasteiger partial charge in [0.2, 0.25) is 5.91 Å². The quantitative estimate of drug-likeness (QED) is 0.436. The lowest BCUT2D eigenvalue weighted by atomic mass is 10.1. The van der Waals surface area contributed by atoms with E-state index in [1.807, 2.05) is 13.8 Å². The second-order valence-corrected chi connectivity index (χ2v) is 10.3. The lowest BCUT2D eigenvalue weighted by Gasteiger charge is -2.16. The number of carbonyl (C=O) groups is 2. The Labute approximate surface area is 197 Å². The fraction of sp³-hybridized carbons (Fsp3) is 0.167. The molecule has 172 valence electrons. The first-order valence-corrected chi connectivity index (χ1v) is 11.9. The normalized spacial score (nSPS) is 12.1. The molecule has 33 heavy (non-hydrogen) atoms. The van der Waals surface area contributed by atoms with E-state index in [0.29, 0.717) is 5.56 Å². The van der Waals surface area contributed by atoms with E-state index >= 15 is 0 Å². The van der Waals surface area contributed by atoms with Crippen LogP contribution in [0.1, 0.15) is 28.4 Å². The summed E-state index contributed by atoms with van der Waals surface area (Å²) in [6.45, 7) is 5.00. The van der Waals surface area contributed by atoms with Crippen molar-refractivity contribution in [2.24, 2.45) is 0 Å². The van der Waals surface area contributed by atoms with Crippen molar-refractivity contribution in [2.45, 2.75) is 30.9 Å². The van der Waals surface area contributed by atoms with Crippen LogP contribution < -0.4 is 10.6 Å². The standard InChI is InChI=1S/C24H23ClN2O5S/c1-14-4-8-17(9-5-14)24(30)27-21-12-19(25)20(13-22(21)28)26-23(29)16(3)33(31,32)18-10-6-15(2)7-11-18/h4-13,16,28H,1-3H3,(H,26,29)(H,27,30). The van der Waals surface area contributed by atoms with Crippen LogP contribution in [0.4, 0.5) is 11.4 Å². The third kappa shape index (κ3) is 5.53. The Balaban J connectivity index is 1.76. The number of carbonyl (C=O) groups excluding carboxylic acids is 2. The molecular formula is C24H23ClN2O5S. The van der Waals surface area contributed by atoms with Crippen LogP contribution >= 0.6 is 11.6 Å². The maximum Gasteiger partial charge on any atom is 0.255 e. The Morgan fingerprint density at radius 3 is 2.00 bits per heavy atom. The number of aromatic hydroxyl groups is 1. The molecule has 0 radical (unpaired) electrons. The Morgan fingerprint density at radius 2 is 1.42 bits per heavy atom. The number of nitrogens with one attached hydrogen (secondary N) is 2. The largest absolute Gasteiger partial charge is 0.506 e. The summed E-state index contributed by atoms with van der Waals surface area (Å²) in [6.07, 6.45) is 0. The minimum Gasteiger partial charge on any atom is -0.506 e. The number of sulfone groups is 1. The van der Waals surface area contributed by atoms with Gasteiger partial charge < -0.3 is 15.7 Å². The van der Waals surface area contributed by atoms with Gasteiger partial charge in [-0.15, -0.1) is 0 Å². The van der Waals surface area contributed by atoms with Gasteiger partial charge in [0.25, 0.3) is 5.91 Å². The van der Waals surface area contributed by atoms with Gasteiger partial charge in [0, 0.05) is 11.6 Å². The van der Waals surface area contributed by atoms with Crippen molar-refractivity contribution in [2.75, 3.05) is 10.6 Å². The minimum atomic E-state index is -3.93. The molecule has 3 aromatic rings. The topological polar surface area (TPSA) is 113 Å². The van der Waals surface area contributed by atoms with E-state index in [9.17, 15) is 23.1 Å². The number of phenolic OH excluding ortho intramolecular Hbond substituents is 1. The maximum absolute atomic E-state index is 12.8. The molecular weight excluding hydrogens is 464 g/mol. The summed E-state index contributed by atoms with van der Waals surface area (Å²) in [5.74, 6) is -1.60. The molecule has 3 N–H and O–H groups in total. The van der Waals surface area contributed by atoms with Crippen LogP contribution in [-0.2, 0) is 14.6 Å². The molecule has 2 amide bonds. The molecule has 1 unspecified atom stereocenters. The van der Waals surface area contributed by atoms with E-state index in [1.54, 1.807) is 36.4 Å². The summed E-state index contributed by atoms with van der Waals surface area (Å²) in [7, 11) is -3.93. The first-order valence-electron chi connectivity index (χ1n) is 10.0. The molecule has 0 saturated heterocycles. The predicted octanol–water partition coefficient (Wildman–Crippen LogP) is 4.72.